The summed E-state index contributed by atoms with van der Waals surface area (Å²) in [6.07, 6.45) is 0.686. The zero-order chi connectivity index (χ0) is 22.6. The highest BCUT2D eigenvalue weighted by Gasteiger charge is 2.33. The van der Waals surface area contributed by atoms with Crippen LogP contribution in [-0.4, -0.2) is 37.6 Å². The average Bonchev–Trinajstić information content (AvgIpc) is 2.83. The van der Waals surface area contributed by atoms with Crippen molar-refractivity contribution >= 4 is 15.7 Å². The number of likely N-dealkylation sites (tertiary alicyclic amines) is 1. The molecule has 0 saturated carbocycles. The molecule has 0 N–H and O–H groups in total. The summed E-state index contributed by atoms with van der Waals surface area (Å²) in [5.74, 6) is -0.0133. The smallest absolute Gasteiger partial charge is 0.253 e. The summed E-state index contributed by atoms with van der Waals surface area (Å²) in [6, 6.07) is 21.7. The van der Waals surface area contributed by atoms with Crippen LogP contribution in [0.2, 0.25) is 0 Å². The number of sulfone groups is 1. The van der Waals surface area contributed by atoms with Gasteiger partial charge in [0.05, 0.1) is 10.1 Å². The van der Waals surface area contributed by atoms with Gasteiger partial charge in [0, 0.05) is 18.7 Å². The first-order valence-electron chi connectivity index (χ1n) is 10.5. The Morgan fingerprint density at radius 1 is 0.938 bits per heavy atom. The summed E-state index contributed by atoms with van der Waals surface area (Å²) >= 11 is 0. The molecule has 0 bridgehead atoms. The van der Waals surface area contributed by atoms with E-state index >= 15 is 0 Å². The van der Waals surface area contributed by atoms with E-state index in [0.29, 0.717) is 43.9 Å². The van der Waals surface area contributed by atoms with E-state index in [1.807, 2.05) is 30.3 Å². The van der Waals surface area contributed by atoms with Gasteiger partial charge in [0.1, 0.15) is 18.2 Å². The molecule has 1 saturated heterocycles. The van der Waals surface area contributed by atoms with Crippen LogP contribution >= 0.6 is 0 Å². The zero-order valence-corrected chi connectivity index (χ0v) is 18.3. The van der Waals surface area contributed by atoms with Crippen LogP contribution in [0.3, 0.4) is 0 Å². The van der Waals surface area contributed by atoms with Crippen molar-refractivity contribution in [3.63, 3.8) is 0 Å². The summed E-state index contributed by atoms with van der Waals surface area (Å²) in [5.41, 5.74) is 1.55. The number of ether oxygens (including phenoxy) is 1. The van der Waals surface area contributed by atoms with Crippen LogP contribution in [0, 0.1) is 5.82 Å². The third-order valence-corrected chi connectivity index (χ3v) is 7.92. The first-order chi connectivity index (χ1) is 15.4. The van der Waals surface area contributed by atoms with Gasteiger partial charge < -0.3 is 9.64 Å². The summed E-state index contributed by atoms with van der Waals surface area (Å²) in [7, 11) is -3.56. The van der Waals surface area contributed by atoms with E-state index in [-0.39, 0.29) is 10.8 Å². The Bertz CT molecular complexity index is 1170. The Kier molecular flexibility index (Phi) is 6.55. The van der Waals surface area contributed by atoms with E-state index < -0.39 is 20.9 Å². The molecule has 3 aromatic carbocycles. The number of rotatable bonds is 6. The summed E-state index contributed by atoms with van der Waals surface area (Å²) in [5, 5.41) is -0.586. The molecule has 7 heteroatoms. The lowest BCUT2D eigenvalue weighted by Gasteiger charge is -2.32. The molecule has 0 spiro atoms. The lowest BCUT2D eigenvalue weighted by Crippen LogP contribution is -2.42. The van der Waals surface area contributed by atoms with E-state index in [2.05, 4.69) is 0 Å². The molecule has 5 nitrogen and oxygen atoms in total. The van der Waals surface area contributed by atoms with Gasteiger partial charge in [0.2, 0.25) is 0 Å². The molecule has 4 rings (SSSR count). The van der Waals surface area contributed by atoms with Crippen LogP contribution in [0.15, 0.2) is 83.8 Å². The highest BCUT2D eigenvalue weighted by molar-refractivity contribution is 7.92. The highest BCUT2D eigenvalue weighted by Crippen LogP contribution is 2.26. The van der Waals surface area contributed by atoms with Gasteiger partial charge in [-0.15, -0.1) is 0 Å². The van der Waals surface area contributed by atoms with E-state index in [1.165, 1.54) is 12.1 Å². The predicted molar refractivity (Wildman–Crippen MR) is 120 cm³/mol. The molecule has 0 aromatic heterocycles. The predicted octanol–water partition coefficient (Wildman–Crippen LogP) is 4.48. The molecule has 1 fully saturated rings. The number of halogens is 1. The average molecular weight is 454 g/mol. The molecule has 3 aromatic rings. The Balaban J connectivity index is 1.37. The SMILES string of the molecule is O=C(c1cccc(OCc2ccccc2)c1)N1CCC(S(=O)(=O)c2ccc(F)cc2)CC1. The van der Waals surface area contributed by atoms with Gasteiger partial charge in [0.25, 0.3) is 5.91 Å². The molecule has 0 radical (unpaired) electrons. The maximum Gasteiger partial charge on any atom is 0.253 e. The Morgan fingerprint density at radius 3 is 2.31 bits per heavy atom. The molecule has 0 atom stereocenters. The van der Waals surface area contributed by atoms with Crippen molar-refractivity contribution in [2.45, 2.75) is 29.6 Å². The lowest BCUT2D eigenvalue weighted by molar-refractivity contribution is 0.0725. The van der Waals surface area contributed by atoms with Crippen LogP contribution in [-0.2, 0) is 16.4 Å². The molecule has 0 aliphatic carbocycles. The molecular formula is C25H24FNO4S. The normalized spacial score (nSPS) is 14.8. The summed E-state index contributed by atoms with van der Waals surface area (Å²) < 4.78 is 44.6. The number of benzene rings is 3. The minimum absolute atomic E-state index is 0.118. The van der Waals surface area contributed by atoms with Crippen molar-refractivity contribution in [3.05, 3.63) is 95.8 Å². The van der Waals surface area contributed by atoms with Crippen molar-refractivity contribution in [1.29, 1.82) is 0 Å². The van der Waals surface area contributed by atoms with Crippen molar-refractivity contribution in [3.8, 4) is 5.75 Å². The van der Waals surface area contributed by atoms with Gasteiger partial charge in [0.15, 0.2) is 9.84 Å². The second kappa shape index (κ2) is 9.53. The van der Waals surface area contributed by atoms with Gasteiger partial charge >= 0.3 is 0 Å². The maximum atomic E-state index is 13.1. The molecule has 32 heavy (non-hydrogen) atoms. The van der Waals surface area contributed by atoms with Crippen molar-refractivity contribution < 1.29 is 22.3 Å². The summed E-state index contributed by atoms with van der Waals surface area (Å²) in [4.78, 5) is 14.8. The quantitative estimate of drug-likeness (QED) is 0.516. The minimum atomic E-state index is -3.56. The van der Waals surface area contributed by atoms with E-state index in [4.69, 9.17) is 4.74 Å². The second-order valence-corrected chi connectivity index (χ2v) is 10.0. The second-order valence-electron chi connectivity index (χ2n) is 7.79. The fraction of sp³-hybridized carbons (Fsp3) is 0.240. The molecule has 0 unspecified atom stereocenters. The number of nitrogens with zero attached hydrogens (tertiary/aromatic N) is 1. The Hall–Kier alpha value is -3.19. The van der Waals surface area contributed by atoms with Gasteiger partial charge in [-0.1, -0.05) is 36.4 Å². The summed E-state index contributed by atoms with van der Waals surface area (Å²) in [6.45, 7) is 1.10. The van der Waals surface area contributed by atoms with E-state index in [1.54, 1.807) is 29.2 Å². The topological polar surface area (TPSA) is 63.7 Å². The number of piperidine rings is 1. The number of hydrogen-bond acceptors (Lipinski definition) is 4. The third-order valence-electron chi connectivity index (χ3n) is 5.64. The molecule has 1 amide bonds. The highest BCUT2D eigenvalue weighted by atomic mass is 32.2. The number of carbonyl (C=O) groups is 1. The number of carbonyl (C=O) groups excluding carboxylic acids is 1. The standard InChI is InChI=1S/C25H24FNO4S/c26-21-9-11-23(12-10-21)32(29,30)24-13-15-27(16-14-24)25(28)20-7-4-8-22(17-20)31-18-19-5-2-1-3-6-19/h1-12,17,24H,13-16,18H2. The Morgan fingerprint density at radius 2 is 1.62 bits per heavy atom. The molecule has 1 heterocycles. The van der Waals surface area contributed by atoms with Crippen LogP contribution in [0.4, 0.5) is 4.39 Å². The number of hydrogen-bond donors (Lipinski definition) is 0. The monoisotopic (exact) mass is 453 g/mol. The van der Waals surface area contributed by atoms with Gasteiger partial charge in [-0.2, -0.15) is 0 Å². The first-order valence-corrected chi connectivity index (χ1v) is 12.0. The minimum Gasteiger partial charge on any atom is -0.489 e. The molecule has 1 aliphatic heterocycles. The Labute approximate surface area is 187 Å². The largest absolute Gasteiger partial charge is 0.489 e. The zero-order valence-electron chi connectivity index (χ0n) is 17.5. The fourth-order valence-corrected chi connectivity index (χ4v) is 5.56. The van der Waals surface area contributed by atoms with Crippen molar-refractivity contribution in [2.24, 2.45) is 0 Å². The van der Waals surface area contributed by atoms with Crippen molar-refractivity contribution in [1.82, 2.24) is 4.90 Å². The maximum absolute atomic E-state index is 13.1. The lowest BCUT2D eigenvalue weighted by atomic mass is 10.1. The van der Waals surface area contributed by atoms with Gasteiger partial charge in [-0.05, 0) is 60.9 Å². The van der Waals surface area contributed by atoms with E-state index in [0.717, 1.165) is 17.7 Å². The third kappa shape index (κ3) is 4.99. The van der Waals surface area contributed by atoms with Gasteiger partial charge in [-0.25, -0.2) is 12.8 Å². The van der Waals surface area contributed by atoms with Crippen LogP contribution in [0.1, 0.15) is 28.8 Å². The first kappa shape index (κ1) is 22.0. The van der Waals surface area contributed by atoms with Crippen molar-refractivity contribution in [2.75, 3.05) is 13.1 Å². The number of amides is 1. The van der Waals surface area contributed by atoms with Gasteiger partial charge in [-0.3, -0.25) is 4.79 Å². The van der Waals surface area contributed by atoms with Crippen LogP contribution in [0.25, 0.3) is 0 Å². The molecular weight excluding hydrogens is 429 g/mol. The van der Waals surface area contributed by atoms with E-state index in [9.17, 15) is 17.6 Å². The molecule has 1 aliphatic rings. The van der Waals surface area contributed by atoms with Crippen LogP contribution < -0.4 is 4.74 Å². The fourth-order valence-electron chi connectivity index (χ4n) is 3.83. The van der Waals surface area contributed by atoms with Crippen LogP contribution in [0.5, 0.6) is 5.75 Å². The molecule has 166 valence electrons.